The lowest BCUT2D eigenvalue weighted by molar-refractivity contribution is 0.718. The third-order valence-corrected chi connectivity index (χ3v) is 6.21. The number of aromatic nitrogens is 3. The van der Waals surface area contributed by atoms with E-state index < -0.39 is 0 Å². The second kappa shape index (κ2) is 8.55. The summed E-state index contributed by atoms with van der Waals surface area (Å²) in [5, 5.41) is 10.1. The number of nitrogens with zero attached hydrogens (tertiary/aromatic N) is 4. The first kappa shape index (κ1) is 19.8. The van der Waals surface area contributed by atoms with E-state index >= 15 is 0 Å². The van der Waals surface area contributed by atoms with Gasteiger partial charge in [-0.15, -0.1) is 5.53 Å². The third kappa shape index (κ3) is 4.25. The molecule has 4 N–H and O–H groups in total. The molecule has 0 unspecified atom stereocenters. The number of hydrogen-bond donors (Lipinski definition) is 4. The molecule has 0 bridgehead atoms. The molecule has 0 saturated heterocycles. The monoisotopic (exact) mass is 438 g/mol. The quantitative estimate of drug-likeness (QED) is 0.335. The molecule has 6 rings (SSSR count). The lowest BCUT2D eigenvalue weighted by atomic mass is 10.1. The largest absolute Gasteiger partial charge is 0.382 e. The summed E-state index contributed by atoms with van der Waals surface area (Å²) >= 11 is 0. The van der Waals surface area contributed by atoms with Crippen LogP contribution in [0.5, 0.6) is 0 Å². The van der Waals surface area contributed by atoms with Crippen molar-refractivity contribution >= 4 is 39.7 Å². The fourth-order valence-electron chi connectivity index (χ4n) is 4.55. The van der Waals surface area contributed by atoms with Gasteiger partial charge in [-0.25, -0.2) is 9.97 Å². The molecule has 0 amide bonds. The molecule has 1 aromatic carbocycles. The number of rotatable bonds is 6. The molecule has 4 aromatic rings. The number of pyridine rings is 3. The van der Waals surface area contributed by atoms with E-state index in [0.29, 0.717) is 12.6 Å². The lowest BCUT2D eigenvalue weighted by Gasteiger charge is -2.18. The summed E-state index contributed by atoms with van der Waals surface area (Å²) in [6.07, 6.45) is 8.74. The Hall–Kier alpha value is -3.91. The molecule has 4 heterocycles. The van der Waals surface area contributed by atoms with Gasteiger partial charge in [-0.2, -0.15) is 0 Å². The van der Waals surface area contributed by atoms with Crippen LogP contribution in [0.25, 0.3) is 10.9 Å². The molecule has 0 radical (unpaired) electrons. The Balaban J connectivity index is 1.19. The van der Waals surface area contributed by atoms with Crippen LogP contribution in [0.3, 0.4) is 0 Å². The molecule has 1 saturated carbocycles. The minimum absolute atomic E-state index is 0.565. The first-order valence-electron chi connectivity index (χ1n) is 11.4. The highest BCUT2D eigenvalue weighted by Gasteiger charge is 2.21. The van der Waals surface area contributed by atoms with Crippen molar-refractivity contribution in [2.75, 3.05) is 21.1 Å². The van der Waals surface area contributed by atoms with Gasteiger partial charge in [0.15, 0.2) is 5.82 Å². The second-order valence-corrected chi connectivity index (χ2v) is 8.60. The minimum Gasteiger partial charge on any atom is -0.382 e. The summed E-state index contributed by atoms with van der Waals surface area (Å²) < 4.78 is 0. The third-order valence-electron chi connectivity index (χ3n) is 6.21. The number of anilines is 5. The molecule has 8 heteroatoms. The molecular weight excluding hydrogens is 412 g/mol. The zero-order valence-corrected chi connectivity index (χ0v) is 18.3. The lowest BCUT2D eigenvalue weighted by Crippen LogP contribution is -2.35. The van der Waals surface area contributed by atoms with E-state index in [-0.39, 0.29) is 0 Å². The van der Waals surface area contributed by atoms with Crippen molar-refractivity contribution in [3.05, 3.63) is 72.6 Å². The number of fused-ring (bicyclic) bond motifs is 2. The molecule has 0 spiro atoms. The fourth-order valence-corrected chi connectivity index (χ4v) is 4.55. The normalized spacial score (nSPS) is 15.5. The van der Waals surface area contributed by atoms with Crippen molar-refractivity contribution in [2.24, 2.45) is 0 Å². The van der Waals surface area contributed by atoms with Crippen molar-refractivity contribution in [3.63, 3.8) is 0 Å². The number of hydrazine groups is 2. The van der Waals surface area contributed by atoms with Gasteiger partial charge in [0.05, 0.1) is 17.7 Å². The van der Waals surface area contributed by atoms with E-state index in [1.54, 1.807) is 0 Å². The summed E-state index contributed by atoms with van der Waals surface area (Å²) in [6, 6.07) is 19.0. The number of hydrogen-bond acceptors (Lipinski definition) is 8. The summed E-state index contributed by atoms with van der Waals surface area (Å²) in [7, 11) is 0. The SMILES string of the molecule is c1cnc2ccc(CN3NNc4ccc(Nc5cc(NC6CCCC6)ccn5)nc43)cc2c1. The fraction of sp³-hybridized carbons (Fsp3) is 0.240. The summed E-state index contributed by atoms with van der Waals surface area (Å²) in [5.74, 6) is 2.36. The van der Waals surface area contributed by atoms with Crippen LogP contribution in [0.1, 0.15) is 31.2 Å². The van der Waals surface area contributed by atoms with Crippen LogP contribution in [0, 0.1) is 0 Å². The zero-order chi connectivity index (χ0) is 22.0. The van der Waals surface area contributed by atoms with Gasteiger partial charge in [0, 0.05) is 35.6 Å². The topological polar surface area (TPSA) is 90.0 Å². The zero-order valence-electron chi connectivity index (χ0n) is 18.3. The molecule has 1 aliphatic heterocycles. The van der Waals surface area contributed by atoms with Crippen molar-refractivity contribution in [3.8, 4) is 0 Å². The predicted molar refractivity (Wildman–Crippen MR) is 132 cm³/mol. The Kier molecular flexibility index (Phi) is 5.12. The Labute approximate surface area is 192 Å². The predicted octanol–water partition coefficient (Wildman–Crippen LogP) is 4.97. The van der Waals surface area contributed by atoms with Crippen LogP contribution in [0.15, 0.2) is 67.0 Å². The first-order valence-corrected chi connectivity index (χ1v) is 11.4. The highest BCUT2D eigenvalue weighted by Crippen LogP contribution is 2.31. The van der Waals surface area contributed by atoms with Gasteiger partial charge in [-0.05, 0) is 54.8 Å². The summed E-state index contributed by atoms with van der Waals surface area (Å²) in [6.45, 7) is 0.667. The van der Waals surface area contributed by atoms with Gasteiger partial charge < -0.3 is 16.1 Å². The van der Waals surface area contributed by atoms with E-state index in [4.69, 9.17) is 4.98 Å². The maximum atomic E-state index is 4.84. The highest BCUT2D eigenvalue weighted by atomic mass is 15.7. The van der Waals surface area contributed by atoms with Gasteiger partial charge in [0.25, 0.3) is 0 Å². The van der Waals surface area contributed by atoms with Crippen LogP contribution in [-0.2, 0) is 6.54 Å². The van der Waals surface area contributed by atoms with Crippen LogP contribution in [0.2, 0.25) is 0 Å². The van der Waals surface area contributed by atoms with Crippen LogP contribution in [0.4, 0.5) is 28.8 Å². The Morgan fingerprint density at radius 2 is 1.88 bits per heavy atom. The van der Waals surface area contributed by atoms with Crippen molar-refractivity contribution in [2.45, 2.75) is 38.3 Å². The second-order valence-electron chi connectivity index (χ2n) is 8.60. The molecule has 166 valence electrons. The van der Waals surface area contributed by atoms with Crippen LogP contribution in [-0.4, -0.2) is 21.0 Å². The van der Waals surface area contributed by atoms with E-state index in [1.165, 1.54) is 31.2 Å². The van der Waals surface area contributed by atoms with E-state index in [9.17, 15) is 0 Å². The van der Waals surface area contributed by atoms with Crippen molar-refractivity contribution in [1.29, 1.82) is 0 Å². The molecule has 3 aromatic heterocycles. The molecule has 1 fully saturated rings. The molecule has 33 heavy (non-hydrogen) atoms. The summed E-state index contributed by atoms with van der Waals surface area (Å²) in [5.41, 5.74) is 10.6. The standard InChI is InChI=1S/C25H26N8/c1-2-6-19(5-1)28-20-11-13-27-24(15-20)29-23-10-9-22-25(30-23)33(32-31-22)16-17-7-8-21-18(14-17)4-3-12-26-21/h3-4,7-15,19,31-32H,1-2,5-6,16H2,(H2,27,28,29,30). The first-order chi connectivity index (χ1) is 16.3. The smallest absolute Gasteiger partial charge is 0.171 e. The van der Waals surface area contributed by atoms with Gasteiger partial charge in [-0.3, -0.25) is 9.99 Å². The van der Waals surface area contributed by atoms with E-state index in [1.807, 2.05) is 47.7 Å². The number of benzene rings is 1. The molecule has 1 aliphatic carbocycles. The van der Waals surface area contributed by atoms with Crippen LogP contribution < -0.4 is 26.6 Å². The maximum absolute atomic E-state index is 4.84. The Morgan fingerprint density at radius 1 is 0.939 bits per heavy atom. The average Bonchev–Trinajstić information content (AvgIpc) is 3.49. The molecule has 8 nitrogen and oxygen atoms in total. The van der Waals surface area contributed by atoms with Crippen molar-refractivity contribution in [1.82, 2.24) is 20.5 Å². The van der Waals surface area contributed by atoms with E-state index in [2.05, 4.69) is 55.8 Å². The maximum Gasteiger partial charge on any atom is 0.171 e. The number of nitrogens with one attached hydrogen (secondary N) is 4. The molecule has 2 aliphatic rings. The summed E-state index contributed by atoms with van der Waals surface area (Å²) in [4.78, 5) is 13.7. The Morgan fingerprint density at radius 3 is 2.82 bits per heavy atom. The van der Waals surface area contributed by atoms with Gasteiger partial charge >= 0.3 is 0 Å². The molecule has 0 atom stereocenters. The minimum atomic E-state index is 0.565. The average molecular weight is 439 g/mol. The van der Waals surface area contributed by atoms with Gasteiger partial charge in [0.1, 0.15) is 11.6 Å². The van der Waals surface area contributed by atoms with E-state index in [0.717, 1.165) is 39.7 Å². The van der Waals surface area contributed by atoms with Gasteiger partial charge in [0.2, 0.25) is 0 Å². The van der Waals surface area contributed by atoms with Gasteiger partial charge in [-0.1, -0.05) is 25.0 Å². The van der Waals surface area contributed by atoms with Crippen LogP contribution >= 0.6 is 0 Å². The molecular formula is C25H26N8. The highest BCUT2D eigenvalue weighted by molar-refractivity contribution is 5.79. The van der Waals surface area contributed by atoms with Crippen molar-refractivity contribution < 1.29 is 0 Å². The Bertz CT molecular complexity index is 1280.